The average Bonchev–Trinajstić information content (AvgIpc) is 3.10. The molecule has 0 saturated heterocycles. The van der Waals surface area contributed by atoms with Crippen LogP contribution in [0.1, 0.15) is 21.6 Å². The van der Waals surface area contributed by atoms with Gasteiger partial charge in [0.15, 0.2) is 0 Å². The van der Waals surface area contributed by atoms with Gasteiger partial charge in [-0.25, -0.2) is 16.8 Å². The van der Waals surface area contributed by atoms with Gasteiger partial charge in [-0.15, -0.1) is 0 Å². The summed E-state index contributed by atoms with van der Waals surface area (Å²) in [5, 5.41) is 0.283. The molecule has 6 nitrogen and oxygen atoms in total. The van der Waals surface area contributed by atoms with Gasteiger partial charge in [0, 0.05) is 24.5 Å². The van der Waals surface area contributed by atoms with Crippen LogP contribution in [0.3, 0.4) is 0 Å². The third-order valence-corrected chi connectivity index (χ3v) is 7.36. The second-order valence-corrected chi connectivity index (χ2v) is 9.22. The summed E-state index contributed by atoms with van der Waals surface area (Å²) < 4.78 is 42.4. The van der Waals surface area contributed by atoms with Crippen LogP contribution in [-0.2, 0) is 16.4 Å². The van der Waals surface area contributed by atoms with Crippen molar-refractivity contribution in [1.82, 2.24) is 8.96 Å². The summed E-state index contributed by atoms with van der Waals surface area (Å²) in [6.07, 6.45) is 3.56. The molecule has 8 heteroatoms. The molecular formula is C23H18FN3O3S. The van der Waals surface area contributed by atoms with Crippen LogP contribution in [0.5, 0.6) is 0 Å². The van der Waals surface area contributed by atoms with Gasteiger partial charge in [-0.3, -0.25) is 9.78 Å². The Morgan fingerprint density at radius 3 is 2.58 bits per heavy atom. The highest BCUT2D eigenvalue weighted by Crippen LogP contribution is 2.36. The van der Waals surface area contributed by atoms with Crippen molar-refractivity contribution < 1.29 is 17.6 Å². The first-order valence-corrected chi connectivity index (χ1v) is 11.2. The molecule has 3 heterocycles. The minimum Gasteiger partial charge on any atom is -0.306 e. The summed E-state index contributed by atoms with van der Waals surface area (Å²) >= 11 is 0. The Morgan fingerprint density at radius 2 is 1.84 bits per heavy atom. The summed E-state index contributed by atoms with van der Waals surface area (Å²) in [6.45, 7) is 2.17. The highest BCUT2D eigenvalue weighted by atomic mass is 32.2. The quantitative estimate of drug-likeness (QED) is 0.489. The fraction of sp³-hybridized carbons (Fsp3) is 0.130. The number of amides is 1. The lowest BCUT2D eigenvalue weighted by Crippen LogP contribution is -2.39. The van der Waals surface area contributed by atoms with E-state index >= 15 is 0 Å². The molecule has 0 bridgehead atoms. The number of rotatable bonds is 3. The monoisotopic (exact) mass is 435 g/mol. The van der Waals surface area contributed by atoms with Crippen LogP contribution in [0.4, 0.5) is 10.1 Å². The lowest BCUT2D eigenvalue weighted by Gasteiger charge is -2.28. The molecule has 0 saturated carbocycles. The van der Waals surface area contributed by atoms with Crippen molar-refractivity contribution in [2.24, 2.45) is 0 Å². The van der Waals surface area contributed by atoms with Gasteiger partial charge in [0.1, 0.15) is 5.82 Å². The van der Waals surface area contributed by atoms with Crippen LogP contribution in [0.15, 0.2) is 71.9 Å². The highest BCUT2D eigenvalue weighted by molar-refractivity contribution is 7.90. The molecule has 31 heavy (non-hydrogen) atoms. The first-order chi connectivity index (χ1) is 14.9. The first kappa shape index (κ1) is 19.4. The molecule has 4 aromatic rings. The van der Waals surface area contributed by atoms with Crippen LogP contribution in [0.25, 0.3) is 10.9 Å². The Kier molecular flexibility index (Phi) is 4.40. The first-order valence-electron chi connectivity index (χ1n) is 9.75. The number of hydrogen-bond donors (Lipinski definition) is 0. The molecule has 2 aromatic heterocycles. The summed E-state index contributed by atoms with van der Waals surface area (Å²) in [4.78, 5) is 19.3. The van der Waals surface area contributed by atoms with Crippen molar-refractivity contribution in [3.63, 3.8) is 0 Å². The number of hydrogen-bond acceptors (Lipinski definition) is 4. The molecule has 5 rings (SSSR count). The van der Waals surface area contributed by atoms with Crippen molar-refractivity contribution in [3.05, 3.63) is 89.6 Å². The number of nitrogens with zero attached hydrogens (tertiary/aromatic N) is 3. The minimum absolute atomic E-state index is 0.108. The molecule has 0 unspecified atom stereocenters. The third kappa shape index (κ3) is 2.94. The Balaban J connectivity index is 1.78. The van der Waals surface area contributed by atoms with E-state index in [0.29, 0.717) is 24.3 Å². The van der Waals surface area contributed by atoms with E-state index < -0.39 is 15.8 Å². The number of benzene rings is 2. The van der Waals surface area contributed by atoms with E-state index in [1.54, 1.807) is 41.6 Å². The Labute approximate surface area is 178 Å². The van der Waals surface area contributed by atoms with Gasteiger partial charge >= 0.3 is 0 Å². The molecule has 156 valence electrons. The largest absolute Gasteiger partial charge is 0.306 e. The summed E-state index contributed by atoms with van der Waals surface area (Å²) in [5.74, 6) is -0.901. The van der Waals surface area contributed by atoms with E-state index in [4.69, 9.17) is 0 Å². The van der Waals surface area contributed by atoms with E-state index in [0.717, 1.165) is 5.56 Å². The molecule has 0 fully saturated rings. The SMILES string of the molecule is Cc1ccncc1N1CCc2c(c3cc(F)ccc3n2S(=O)(=O)c2ccccc2)C1=O. The normalized spacial score (nSPS) is 14.1. The van der Waals surface area contributed by atoms with Crippen LogP contribution in [0.2, 0.25) is 0 Å². The third-order valence-electron chi connectivity index (χ3n) is 5.60. The maximum atomic E-state index is 14.2. The number of halogens is 1. The van der Waals surface area contributed by atoms with Gasteiger partial charge < -0.3 is 4.90 Å². The molecule has 0 aliphatic carbocycles. The van der Waals surface area contributed by atoms with Gasteiger partial charge in [-0.05, 0) is 48.9 Å². The second-order valence-electron chi connectivity index (χ2n) is 7.43. The molecule has 1 aliphatic heterocycles. The predicted octanol–water partition coefficient (Wildman–Crippen LogP) is 3.92. The number of aryl methyl sites for hydroxylation is 1. The molecule has 0 spiro atoms. The Hall–Kier alpha value is -3.52. The molecule has 1 aliphatic rings. The van der Waals surface area contributed by atoms with Crippen molar-refractivity contribution in [3.8, 4) is 0 Å². The summed E-state index contributed by atoms with van der Waals surface area (Å²) in [5.41, 5.74) is 2.39. The number of pyridine rings is 1. The number of aromatic nitrogens is 2. The van der Waals surface area contributed by atoms with Gasteiger partial charge in [0.2, 0.25) is 0 Å². The lowest BCUT2D eigenvalue weighted by molar-refractivity contribution is 0.0982. The van der Waals surface area contributed by atoms with E-state index in [-0.39, 0.29) is 27.3 Å². The summed E-state index contributed by atoms with van der Waals surface area (Å²) in [7, 11) is -3.98. The maximum Gasteiger partial charge on any atom is 0.268 e. The molecule has 0 radical (unpaired) electrons. The van der Waals surface area contributed by atoms with Crippen LogP contribution < -0.4 is 4.90 Å². The minimum atomic E-state index is -3.98. The van der Waals surface area contributed by atoms with Crippen molar-refractivity contribution in [1.29, 1.82) is 0 Å². The van der Waals surface area contributed by atoms with Gasteiger partial charge in [0.05, 0.1) is 33.6 Å². The van der Waals surface area contributed by atoms with Crippen molar-refractivity contribution >= 4 is 32.5 Å². The number of anilines is 1. The van der Waals surface area contributed by atoms with Gasteiger partial charge in [0.25, 0.3) is 15.9 Å². The van der Waals surface area contributed by atoms with Gasteiger partial charge in [-0.1, -0.05) is 18.2 Å². The van der Waals surface area contributed by atoms with Crippen LogP contribution >= 0.6 is 0 Å². The molecule has 0 atom stereocenters. The molecule has 2 aromatic carbocycles. The number of fused-ring (bicyclic) bond motifs is 3. The highest BCUT2D eigenvalue weighted by Gasteiger charge is 2.36. The number of carbonyl (C=O) groups excluding carboxylic acids is 1. The summed E-state index contributed by atoms with van der Waals surface area (Å²) in [6, 6.07) is 13.7. The topological polar surface area (TPSA) is 72.3 Å². The van der Waals surface area contributed by atoms with Crippen LogP contribution in [0, 0.1) is 12.7 Å². The zero-order chi connectivity index (χ0) is 21.8. The lowest BCUT2D eigenvalue weighted by atomic mass is 10.0. The van der Waals surface area contributed by atoms with Gasteiger partial charge in [-0.2, -0.15) is 0 Å². The average molecular weight is 435 g/mol. The fourth-order valence-corrected chi connectivity index (χ4v) is 5.75. The van der Waals surface area contributed by atoms with E-state index in [9.17, 15) is 17.6 Å². The second kappa shape index (κ2) is 7.02. The number of carbonyl (C=O) groups is 1. The van der Waals surface area contributed by atoms with Crippen molar-refractivity contribution in [2.75, 3.05) is 11.4 Å². The van der Waals surface area contributed by atoms with E-state index in [1.807, 2.05) is 6.92 Å². The maximum absolute atomic E-state index is 14.2. The molecule has 0 N–H and O–H groups in total. The Morgan fingerprint density at radius 1 is 1.06 bits per heavy atom. The van der Waals surface area contributed by atoms with Crippen LogP contribution in [-0.4, -0.2) is 29.8 Å². The van der Waals surface area contributed by atoms with E-state index in [1.165, 1.54) is 34.3 Å². The smallest absolute Gasteiger partial charge is 0.268 e. The zero-order valence-corrected chi connectivity index (χ0v) is 17.4. The molecule has 1 amide bonds. The van der Waals surface area contributed by atoms with Crippen molar-refractivity contribution in [2.45, 2.75) is 18.2 Å². The fourth-order valence-electron chi connectivity index (χ4n) is 4.15. The molecular weight excluding hydrogens is 417 g/mol. The zero-order valence-electron chi connectivity index (χ0n) is 16.6. The predicted molar refractivity (Wildman–Crippen MR) is 115 cm³/mol. The Bertz CT molecular complexity index is 1450. The van der Waals surface area contributed by atoms with E-state index in [2.05, 4.69) is 4.98 Å². The standard InChI is InChI=1S/C23H18FN3O3S/c1-15-9-11-25-14-21(15)26-12-10-20-22(23(26)28)18-13-16(24)7-8-19(18)27(20)31(29,30)17-5-3-2-4-6-17/h2-9,11,13-14H,10,12H2,1H3.